The van der Waals surface area contributed by atoms with Crippen LogP contribution in [-0.2, 0) is 9.59 Å². The number of hydrogen-bond donors (Lipinski definition) is 1. The standard InChI is InChI=1S/C20H17F2N3O2S/c1-2-11-25-18(26)12-17(19(27)23-14-9-7-13(21)8-10-14)28-20(25)24-16-6-4-3-5-15(16)22/h2-10,17H,1,11-12H2,(H,23,27)/t17-/m0/s1. The van der Waals surface area contributed by atoms with E-state index in [-0.39, 0.29) is 29.7 Å². The second-order valence-corrected chi connectivity index (χ2v) is 7.12. The van der Waals surface area contributed by atoms with E-state index in [1.807, 2.05) is 0 Å². The Morgan fingerprint density at radius 3 is 2.64 bits per heavy atom. The van der Waals surface area contributed by atoms with Gasteiger partial charge in [-0.1, -0.05) is 30.0 Å². The molecule has 0 spiro atoms. The highest BCUT2D eigenvalue weighted by atomic mass is 32.2. The molecule has 1 aliphatic heterocycles. The number of benzene rings is 2. The summed E-state index contributed by atoms with van der Waals surface area (Å²) in [7, 11) is 0. The minimum Gasteiger partial charge on any atom is -0.325 e. The van der Waals surface area contributed by atoms with Crippen LogP contribution in [0.5, 0.6) is 0 Å². The quantitative estimate of drug-likeness (QED) is 0.767. The first-order chi connectivity index (χ1) is 13.5. The minimum atomic E-state index is -0.746. The molecule has 28 heavy (non-hydrogen) atoms. The van der Waals surface area contributed by atoms with Crippen LogP contribution in [0.2, 0.25) is 0 Å². The number of para-hydroxylation sites is 1. The second kappa shape index (κ2) is 8.79. The third kappa shape index (κ3) is 4.64. The van der Waals surface area contributed by atoms with E-state index in [2.05, 4.69) is 16.9 Å². The van der Waals surface area contributed by atoms with Crippen LogP contribution in [0.4, 0.5) is 20.2 Å². The molecule has 1 fully saturated rings. The summed E-state index contributed by atoms with van der Waals surface area (Å²) in [5.74, 6) is -1.67. The Hall–Kier alpha value is -3.00. The zero-order valence-corrected chi connectivity index (χ0v) is 15.6. The van der Waals surface area contributed by atoms with Crippen LogP contribution in [0.1, 0.15) is 6.42 Å². The third-order valence-corrected chi connectivity index (χ3v) is 5.11. The van der Waals surface area contributed by atoms with Crippen LogP contribution in [0.25, 0.3) is 0 Å². The van der Waals surface area contributed by atoms with Crippen molar-refractivity contribution in [2.75, 3.05) is 11.9 Å². The van der Waals surface area contributed by atoms with Crippen molar-refractivity contribution in [1.82, 2.24) is 4.90 Å². The number of amidine groups is 1. The number of nitrogens with zero attached hydrogens (tertiary/aromatic N) is 2. The van der Waals surface area contributed by atoms with Gasteiger partial charge >= 0.3 is 0 Å². The summed E-state index contributed by atoms with van der Waals surface area (Å²) in [4.78, 5) is 30.7. The van der Waals surface area contributed by atoms with Gasteiger partial charge in [0, 0.05) is 18.7 Å². The SMILES string of the molecule is C=CCN1C(=O)C[C@@H](C(=O)Nc2ccc(F)cc2)SC1=Nc1ccccc1F. The first-order valence-corrected chi connectivity index (χ1v) is 9.33. The van der Waals surface area contributed by atoms with Crippen molar-refractivity contribution in [1.29, 1.82) is 0 Å². The summed E-state index contributed by atoms with van der Waals surface area (Å²) in [5.41, 5.74) is 0.493. The van der Waals surface area contributed by atoms with Gasteiger partial charge in [0.25, 0.3) is 0 Å². The van der Waals surface area contributed by atoms with Crippen LogP contribution in [0, 0.1) is 11.6 Å². The molecule has 1 heterocycles. The lowest BCUT2D eigenvalue weighted by molar-refractivity contribution is -0.129. The fraction of sp³-hybridized carbons (Fsp3) is 0.150. The number of amides is 2. The lowest BCUT2D eigenvalue weighted by atomic mass is 10.2. The number of hydrogen-bond acceptors (Lipinski definition) is 4. The number of thioether (sulfide) groups is 1. The summed E-state index contributed by atoms with van der Waals surface area (Å²) in [6.07, 6.45) is 1.50. The van der Waals surface area contributed by atoms with E-state index in [4.69, 9.17) is 0 Å². The van der Waals surface area contributed by atoms with Crippen molar-refractivity contribution in [3.63, 3.8) is 0 Å². The van der Waals surface area contributed by atoms with E-state index < -0.39 is 22.8 Å². The smallest absolute Gasteiger partial charge is 0.238 e. The Bertz CT molecular complexity index is 931. The second-order valence-electron chi connectivity index (χ2n) is 5.95. The lowest BCUT2D eigenvalue weighted by Gasteiger charge is -2.31. The van der Waals surface area contributed by atoms with Gasteiger partial charge in [-0.25, -0.2) is 13.8 Å². The zero-order valence-electron chi connectivity index (χ0n) is 14.8. The monoisotopic (exact) mass is 401 g/mol. The van der Waals surface area contributed by atoms with Gasteiger partial charge in [-0.3, -0.25) is 14.5 Å². The summed E-state index contributed by atoms with van der Waals surface area (Å²) >= 11 is 1.07. The average Bonchev–Trinajstić information content (AvgIpc) is 2.68. The molecule has 0 aliphatic carbocycles. The Morgan fingerprint density at radius 1 is 1.25 bits per heavy atom. The van der Waals surface area contributed by atoms with E-state index in [1.54, 1.807) is 12.1 Å². The number of carbonyl (C=O) groups is 2. The van der Waals surface area contributed by atoms with Gasteiger partial charge < -0.3 is 5.32 Å². The fourth-order valence-corrected chi connectivity index (χ4v) is 3.65. The zero-order chi connectivity index (χ0) is 20.1. The maximum atomic E-state index is 14.0. The van der Waals surface area contributed by atoms with Crippen molar-refractivity contribution in [2.45, 2.75) is 11.7 Å². The molecule has 2 aromatic rings. The van der Waals surface area contributed by atoms with Gasteiger partial charge in [-0.15, -0.1) is 6.58 Å². The van der Waals surface area contributed by atoms with Gasteiger partial charge in [0.2, 0.25) is 11.8 Å². The molecule has 144 valence electrons. The molecular weight excluding hydrogens is 384 g/mol. The van der Waals surface area contributed by atoms with Crippen molar-refractivity contribution >= 4 is 40.1 Å². The van der Waals surface area contributed by atoms with Crippen LogP contribution in [-0.4, -0.2) is 33.7 Å². The van der Waals surface area contributed by atoms with Crippen molar-refractivity contribution in [3.8, 4) is 0 Å². The number of anilines is 1. The molecule has 0 bridgehead atoms. The maximum Gasteiger partial charge on any atom is 0.238 e. The van der Waals surface area contributed by atoms with Gasteiger partial charge in [0.1, 0.15) is 22.6 Å². The predicted molar refractivity (Wildman–Crippen MR) is 106 cm³/mol. The summed E-state index contributed by atoms with van der Waals surface area (Å²) in [6, 6.07) is 11.2. The molecule has 8 heteroatoms. The molecule has 1 N–H and O–H groups in total. The molecule has 0 aromatic heterocycles. The molecular formula is C20H17F2N3O2S. The summed E-state index contributed by atoms with van der Waals surface area (Å²) < 4.78 is 27.0. The van der Waals surface area contributed by atoms with Gasteiger partial charge in [-0.2, -0.15) is 0 Å². The van der Waals surface area contributed by atoms with E-state index in [1.165, 1.54) is 47.4 Å². The largest absolute Gasteiger partial charge is 0.325 e. The molecule has 0 saturated carbocycles. The molecule has 2 aromatic carbocycles. The lowest BCUT2D eigenvalue weighted by Crippen LogP contribution is -2.45. The average molecular weight is 401 g/mol. The molecule has 1 saturated heterocycles. The third-order valence-electron chi connectivity index (χ3n) is 3.92. The Labute approximate surface area is 165 Å². The number of aliphatic imine (C=N–C) groups is 1. The molecule has 0 unspecified atom stereocenters. The summed E-state index contributed by atoms with van der Waals surface area (Å²) in [6.45, 7) is 3.82. The minimum absolute atomic E-state index is 0.0399. The highest BCUT2D eigenvalue weighted by Gasteiger charge is 2.35. The number of rotatable bonds is 5. The number of halogens is 2. The topological polar surface area (TPSA) is 61.8 Å². The first-order valence-electron chi connectivity index (χ1n) is 8.45. The van der Waals surface area contributed by atoms with Crippen molar-refractivity contribution in [3.05, 3.63) is 72.8 Å². The van der Waals surface area contributed by atoms with Gasteiger partial charge in [0.15, 0.2) is 5.17 Å². The fourth-order valence-electron chi connectivity index (χ4n) is 2.55. The van der Waals surface area contributed by atoms with E-state index in [9.17, 15) is 18.4 Å². The highest BCUT2D eigenvalue weighted by molar-refractivity contribution is 8.15. The Morgan fingerprint density at radius 2 is 1.96 bits per heavy atom. The molecule has 1 atom stereocenters. The molecule has 1 aliphatic rings. The van der Waals surface area contributed by atoms with Crippen LogP contribution >= 0.6 is 11.8 Å². The first kappa shape index (κ1) is 19.8. The van der Waals surface area contributed by atoms with Crippen LogP contribution in [0.15, 0.2) is 66.2 Å². The van der Waals surface area contributed by atoms with E-state index in [0.29, 0.717) is 5.69 Å². The predicted octanol–water partition coefficient (Wildman–Crippen LogP) is 4.11. The summed E-state index contributed by atoms with van der Waals surface area (Å²) in [5, 5.41) is 2.13. The van der Waals surface area contributed by atoms with Crippen LogP contribution < -0.4 is 5.32 Å². The number of carbonyl (C=O) groups excluding carboxylic acids is 2. The van der Waals surface area contributed by atoms with Gasteiger partial charge in [-0.05, 0) is 36.4 Å². The van der Waals surface area contributed by atoms with Crippen molar-refractivity contribution < 1.29 is 18.4 Å². The molecule has 3 rings (SSSR count). The van der Waals surface area contributed by atoms with Crippen molar-refractivity contribution in [2.24, 2.45) is 4.99 Å². The van der Waals surface area contributed by atoms with E-state index >= 15 is 0 Å². The number of nitrogens with one attached hydrogen (secondary N) is 1. The highest BCUT2D eigenvalue weighted by Crippen LogP contribution is 2.30. The molecule has 2 amide bonds. The Balaban J connectivity index is 1.84. The van der Waals surface area contributed by atoms with E-state index in [0.717, 1.165) is 11.8 Å². The molecule has 0 radical (unpaired) electrons. The normalized spacial score (nSPS) is 18.2. The van der Waals surface area contributed by atoms with Gasteiger partial charge in [0.05, 0.1) is 0 Å². The van der Waals surface area contributed by atoms with Crippen LogP contribution in [0.3, 0.4) is 0 Å². The Kier molecular flexibility index (Phi) is 6.20. The maximum absolute atomic E-state index is 14.0. The molecule has 5 nitrogen and oxygen atoms in total.